The number of carbonyl (C=O) groups excluding carboxylic acids is 1. The summed E-state index contributed by atoms with van der Waals surface area (Å²) < 4.78 is 10.1. The van der Waals surface area contributed by atoms with E-state index in [1.165, 1.54) is 0 Å². The molecule has 0 aliphatic heterocycles. The number of alkyl halides is 1. The van der Waals surface area contributed by atoms with E-state index >= 15 is 0 Å². The van der Waals surface area contributed by atoms with Gasteiger partial charge in [0.2, 0.25) is 4.11 Å². The summed E-state index contributed by atoms with van der Waals surface area (Å²) in [6.07, 6.45) is 0. The largest absolute Gasteiger partial charge is 0.468 e. The second-order valence-corrected chi connectivity index (χ2v) is 5.07. The van der Waals surface area contributed by atoms with Crippen LogP contribution in [0.2, 0.25) is 0 Å². The highest BCUT2D eigenvalue weighted by atomic mass is 127. The van der Waals surface area contributed by atoms with Crippen LogP contribution in [0, 0.1) is 0 Å². The Morgan fingerprint density at radius 2 is 1.89 bits per heavy atom. The molecule has 0 amide bonds. The lowest BCUT2D eigenvalue weighted by atomic mass is 10.3. The molecule has 0 radical (unpaired) electrons. The molecule has 1 unspecified atom stereocenters. The molecular formula is C14H20INO3. The zero-order valence-corrected chi connectivity index (χ0v) is 13.5. The van der Waals surface area contributed by atoms with Gasteiger partial charge in [-0.2, -0.15) is 0 Å². The molecule has 0 heterocycles. The molecule has 19 heavy (non-hydrogen) atoms. The van der Waals surface area contributed by atoms with Crippen molar-refractivity contribution in [3.63, 3.8) is 0 Å². The van der Waals surface area contributed by atoms with Crippen LogP contribution in [-0.2, 0) is 9.53 Å². The molecule has 1 atom stereocenters. The maximum atomic E-state index is 11.7. The fourth-order valence-electron chi connectivity index (χ4n) is 1.55. The Morgan fingerprint density at radius 3 is 2.47 bits per heavy atom. The van der Waals surface area contributed by atoms with Gasteiger partial charge in [-0.3, -0.25) is 0 Å². The number of nitrogens with zero attached hydrogens (tertiary/aromatic N) is 1. The van der Waals surface area contributed by atoms with E-state index in [1.54, 1.807) is 0 Å². The topological polar surface area (TPSA) is 38.8 Å². The SMILES string of the molecule is CCN(CC)CCOC(=O)C(I)Oc1ccccc1. The molecule has 1 rings (SSSR count). The van der Waals surface area contributed by atoms with Crippen molar-refractivity contribution in [3.8, 4) is 5.75 Å². The Hall–Kier alpha value is -0.820. The van der Waals surface area contributed by atoms with E-state index in [2.05, 4.69) is 18.7 Å². The van der Waals surface area contributed by atoms with Crippen molar-refractivity contribution >= 4 is 28.6 Å². The molecule has 0 N–H and O–H groups in total. The molecule has 0 aliphatic rings. The predicted molar refractivity (Wildman–Crippen MR) is 83.6 cm³/mol. The summed E-state index contributed by atoms with van der Waals surface area (Å²) in [4.78, 5) is 13.9. The highest BCUT2D eigenvalue weighted by Crippen LogP contribution is 2.15. The third-order valence-electron chi connectivity index (χ3n) is 2.71. The standard InChI is InChI=1S/C14H20INO3/c1-3-16(4-2)10-11-18-14(17)13(15)19-12-8-6-5-7-9-12/h5-9,13H,3-4,10-11H2,1-2H3. The first-order valence-corrected chi connectivity index (χ1v) is 7.66. The van der Waals surface area contributed by atoms with Crippen molar-refractivity contribution < 1.29 is 14.3 Å². The highest BCUT2D eigenvalue weighted by Gasteiger charge is 2.18. The van der Waals surface area contributed by atoms with E-state index in [1.807, 2.05) is 52.9 Å². The number of ether oxygens (including phenoxy) is 2. The summed E-state index contributed by atoms with van der Waals surface area (Å²) in [5.41, 5.74) is 0. The van der Waals surface area contributed by atoms with Crippen molar-refractivity contribution in [2.24, 2.45) is 0 Å². The summed E-state index contributed by atoms with van der Waals surface area (Å²) in [6.45, 7) is 7.26. The Kier molecular flexibility index (Phi) is 7.81. The predicted octanol–water partition coefficient (Wildman–Crippen LogP) is 2.71. The summed E-state index contributed by atoms with van der Waals surface area (Å²) in [5, 5.41) is 0. The van der Waals surface area contributed by atoms with Gasteiger partial charge in [-0.05, 0) is 47.8 Å². The zero-order valence-electron chi connectivity index (χ0n) is 11.3. The van der Waals surface area contributed by atoms with Gasteiger partial charge in [-0.15, -0.1) is 0 Å². The minimum absolute atomic E-state index is 0.336. The van der Waals surface area contributed by atoms with Crippen molar-refractivity contribution in [3.05, 3.63) is 30.3 Å². The van der Waals surface area contributed by atoms with Crippen LogP contribution in [0.5, 0.6) is 5.75 Å². The third kappa shape index (κ3) is 6.24. The summed E-state index contributed by atoms with van der Waals surface area (Å²) in [5.74, 6) is 0.333. The molecule has 0 saturated carbocycles. The van der Waals surface area contributed by atoms with Crippen LogP contribution < -0.4 is 4.74 Å². The first kappa shape index (κ1) is 16.2. The van der Waals surface area contributed by atoms with Gasteiger partial charge in [0.05, 0.1) is 0 Å². The van der Waals surface area contributed by atoms with Gasteiger partial charge in [-0.1, -0.05) is 32.0 Å². The molecule has 4 nitrogen and oxygen atoms in total. The fraction of sp³-hybridized carbons (Fsp3) is 0.500. The highest BCUT2D eigenvalue weighted by molar-refractivity contribution is 14.1. The summed E-state index contributed by atoms with van der Waals surface area (Å²) in [7, 11) is 0. The number of likely N-dealkylation sites (N-methyl/N-ethyl adjacent to an activating group) is 1. The van der Waals surface area contributed by atoms with Crippen LogP contribution in [0.4, 0.5) is 0 Å². The number of para-hydroxylation sites is 1. The normalized spacial score (nSPS) is 12.2. The molecule has 0 spiro atoms. The van der Waals surface area contributed by atoms with Crippen LogP contribution in [0.25, 0.3) is 0 Å². The maximum Gasteiger partial charge on any atom is 0.357 e. The van der Waals surface area contributed by atoms with Crippen LogP contribution in [0.3, 0.4) is 0 Å². The zero-order chi connectivity index (χ0) is 14.1. The van der Waals surface area contributed by atoms with Crippen LogP contribution in [-0.4, -0.2) is 41.2 Å². The average molecular weight is 377 g/mol. The Balaban J connectivity index is 2.29. The minimum atomic E-state index is -0.614. The Bertz CT molecular complexity index is 368. The van der Waals surface area contributed by atoms with E-state index in [0.29, 0.717) is 12.4 Å². The molecule has 1 aromatic carbocycles. The maximum absolute atomic E-state index is 11.7. The number of carbonyl (C=O) groups is 1. The summed E-state index contributed by atoms with van der Waals surface area (Å²) in [6, 6.07) is 9.26. The molecule has 0 fully saturated rings. The van der Waals surface area contributed by atoms with Gasteiger partial charge < -0.3 is 14.4 Å². The third-order valence-corrected chi connectivity index (χ3v) is 3.48. The number of hydrogen-bond acceptors (Lipinski definition) is 4. The number of halogens is 1. The average Bonchev–Trinajstić information content (AvgIpc) is 2.44. The molecule has 0 aliphatic carbocycles. The molecule has 1 aromatic rings. The summed E-state index contributed by atoms with van der Waals surface area (Å²) >= 11 is 1.94. The molecule has 5 heteroatoms. The second kappa shape index (κ2) is 9.14. The van der Waals surface area contributed by atoms with Crippen LogP contribution >= 0.6 is 22.6 Å². The minimum Gasteiger partial charge on any atom is -0.468 e. The van der Waals surface area contributed by atoms with Gasteiger partial charge >= 0.3 is 5.97 Å². The van der Waals surface area contributed by atoms with E-state index in [-0.39, 0.29) is 5.97 Å². The first-order chi connectivity index (χ1) is 9.17. The smallest absolute Gasteiger partial charge is 0.357 e. The van der Waals surface area contributed by atoms with Gasteiger partial charge in [0.1, 0.15) is 12.4 Å². The number of benzene rings is 1. The van der Waals surface area contributed by atoms with Gasteiger partial charge in [0, 0.05) is 6.54 Å². The van der Waals surface area contributed by atoms with Crippen molar-refractivity contribution in [2.75, 3.05) is 26.2 Å². The van der Waals surface area contributed by atoms with Crippen molar-refractivity contribution in [1.82, 2.24) is 4.90 Å². The van der Waals surface area contributed by atoms with Crippen LogP contribution in [0.1, 0.15) is 13.8 Å². The van der Waals surface area contributed by atoms with E-state index in [0.717, 1.165) is 19.6 Å². The lowest BCUT2D eigenvalue weighted by Gasteiger charge is -2.18. The van der Waals surface area contributed by atoms with Crippen molar-refractivity contribution in [1.29, 1.82) is 0 Å². The van der Waals surface area contributed by atoms with E-state index in [4.69, 9.17) is 9.47 Å². The van der Waals surface area contributed by atoms with Gasteiger partial charge in [0.15, 0.2) is 0 Å². The number of esters is 1. The quantitative estimate of drug-likeness (QED) is 0.397. The van der Waals surface area contributed by atoms with Crippen LogP contribution in [0.15, 0.2) is 30.3 Å². The Labute approximate surface area is 128 Å². The second-order valence-electron chi connectivity index (χ2n) is 3.94. The van der Waals surface area contributed by atoms with Crippen molar-refractivity contribution in [2.45, 2.75) is 18.0 Å². The molecule has 0 bridgehead atoms. The van der Waals surface area contributed by atoms with E-state index < -0.39 is 4.11 Å². The molecule has 106 valence electrons. The van der Waals surface area contributed by atoms with Gasteiger partial charge in [0.25, 0.3) is 0 Å². The first-order valence-electron chi connectivity index (χ1n) is 6.42. The number of hydrogen-bond donors (Lipinski definition) is 0. The molecule has 0 aromatic heterocycles. The molecular weight excluding hydrogens is 357 g/mol. The van der Waals surface area contributed by atoms with Gasteiger partial charge in [-0.25, -0.2) is 4.79 Å². The lowest BCUT2D eigenvalue weighted by molar-refractivity contribution is -0.147. The monoisotopic (exact) mass is 377 g/mol. The fourth-order valence-corrected chi connectivity index (χ4v) is 2.02. The Morgan fingerprint density at radius 1 is 1.26 bits per heavy atom. The van der Waals surface area contributed by atoms with E-state index in [9.17, 15) is 4.79 Å². The number of rotatable bonds is 8. The lowest BCUT2D eigenvalue weighted by Crippen LogP contribution is -2.30. The molecule has 0 saturated heterocycles.